The molecule has 0 heterocycles. The summed E-state index contributed by atoms with van der Waals surface area (Å²) in [5.74, 6) is 2.65. The van der Waals surface area contributed by atoms with Crippen LogP contribution in [0.4, 0.5) is 0 Å². The summed E-state index contributed by atoms with van der Waals surface area (Å²) in [6.45, 7) is 7.15. The molecular formula is C16H30N2O. The van der Waals surface area contributed by atoms with Crippen molar-refractivity contribution in [3.05, 3.63) is 0 Å². The minimum absolute atomic E-state index is 0.0870. The Balaban J connectivity index is 1.82. The van der Waals surface area contributed by atoms with Crippen LogP contribution in [0.5, 0.6) is 0 Å². The van der Waals surface area contributed by atoms with E-state index in [0.717, 1.165) is 24.7 Å². The van der Waals surface area contributed by atoms with Gasteiger partial charge in [-0.05, 0) is 55.4 Å². The van der Waals surface area contributed by atoms with Gasteiger partial charge >= 0.3 is 0 Å². The van der Waals surface area contributed by atoms with Gasteiger partial charge in [-0.25, -0.2) is 0 Å². The Morgan fingerprint density at radius 1 is 1.32 bits per heavy atom. The van der Waals surface area contributed by atoms with Gasteiger partial charge in [0, 0.05) is 12.5 Å². The molecule has 0 radical (unpaired) electrons. The molecule has 1 amide bonds. The highest BCUT2D eigenvalue weighted by molar-refractivity contribution is 5.76. The monoisotopic (exact) mass is 266 g/mol. The van der Waals surface area contributed by atoms with Crippen molar-refractivity contribution in [2.24, 2.45) is 28.9 Å². The zero-order valence-corrected chi connectivity index (χ0v) is 12.7. The molecule has 4 atom stereocenters. The highest BCUT2D eigenvalue weighted by Crippen LogP contribution is 2.49. The molecule has 0 spiro atoms. The number of carbonyl (C=O) groups is 1. The van der Waals surface area contributed by atoms with Gasteiger partial charge in [0.25, 0.3) is 0 Å². The van der Waals surface area contributed by atoms with Crippen molar-refractivity contribution in [1.29, 1.82) is 0 Å². The molecule has 110 valence electrons. The number of carbonyl (C=O) groups excluding carboxylic acids is 1. The standard InChI is InChI=1S/C16H30N2O/c1-16(2,3)14(6-7-17)18-15(19)10-13-9-11-4-5-12(13)8-11/h11-14H,4-10,17H2,1-3H3,(H,18,19). The third-order valence-electron chi connectivity index (χ3n) is 5.17. The van der Waals surface area contributed by atoms with E-state index in [1.165, 1.54) is 25.7 Å². The first kappa shape index (κ1) is 14.8. The highest BCUT2D eigenvalue weighted by Gasteiger charge is 2.40. The first-order chi connectivity index (χ1) is 8.90. The van der Waals surface area contributed by atoms with E-state index >= 15 is 0 Å². The number of amides is 1. The molecule has 2 fully saturated rings. The fourth-order valence-corrected chi connectivity index (χ4v) is 4.01. The van der Waals surface area contributed by atoms with Crippen LogP contribution in [0, 0.1) is 23.2 Å². The van der Waals surface area contributed by atoms with Crippen molar-refractivity contribution in [2.45, 2.75) is 65.3 Å². The van der Waals surface area contributed by atoms with Crippen LogP contribution in [-0.4, -0.2) is 18.5 Å². The van der Waals surface area contributed by atoms with E-state index < -0.39 is 0 Å². The molecule has 2 aliphatic rings. The topological polar surface area (TPSA) is 55.1 Å². The van der Waals surface area contributed by atoms with Gasteiger partial charge in [0.05, 0.1) is 0 Å². The van der Waals surface area contributed by atoms with Gasteiger partial charge in [-0.15, -0.1) is 0 Å². The number of nitrogens with one attached hydrogen (secondary N) is 1. The summed E-state index contributed by atoms with van der Waals surface area (Å²) in [6.07, 6.45) is 7.03. The summed E-state index contributed by atoms with van der Waals surface area (Å²) < 4.78 is 0. The quantitative estimate of drug-likeness (QED) is 0.804. The molecular weight excluding hydrogens is 236 g/mol. The van der Waals surface area contributed by atoms with Crippen molar-refractivity contribution in [3.63, 3.8) is 0 Å². The average molecular weight is 266 g/mol. The number of nitrogens with two attached hydrogens (primary N) is 1. The highest BCUT2D eigenvalue weighted by atomic mass is 16.1. The van der Waals surface area contributed by atoms with E-state index in [9.17, 15) is 4.79 Å². The van der Waals surface area contributed by atoms with E-state index in [1.54, 1.807) is 0 Å². The SMILES string of the molecule is CC(C)(C)C(CCN)NC(=O)CC1CC2CCC1C2. The Bertz CT molecular complexity index is 321. The molecule has 3 heteroatoms. The molecule has 3 nitrogen and oxygen atoms in total. The molecule has 0 aromatic rings. The van der Waals surface area contributed by atoms with E-state index in [0.29, 0.717) is 12.5 Å². The molecule has 19 heavy (non-hydrogen) atoms. The molecule has 3 N–H and O–H groups in total. The number of hydrogen-bond donors (Lipinski definition) is 2. The van der Waals surface area contributed by atoms with Crippen molar-refractivity contribution in [3.8, 4) is 0 Å². The van der Waals surface area contributed by atoms with Gasteiger partial charge in [-0.3, -0.25) is 4.79 Å². The molecule has 0 aromatic carbocycles. The Labute approximate surface area is 117 Å². The van der Waals surface area contributed by atoms with E-state index in [2.05, 4.69) is 26.1 Å². The van der Waals surface area contributed by atoms with Crippen LogP contribution in [0.25, 0.3) is 0 Å². The summed E-state index contributed by atoms with van der Waals surface area (Å²) in [4.78, 5) is 12.3. The predicted octanol–water partition coefficient (Wildman–Crippen LogP) is 2.69. The Morgan fingerprint density at radius 3 is 2.53 bits per heavy atom. The first-order valence-electron chi connectivity index (χ1n) is 7.89. The summed E-state index contributed by atoms with van der Waals surface area (Å²) in [7, 11) is 0. The lowest BCUT2D eigenvalue weighted by molar-refractivity contribution is -0.123. The van der Waals surface area contributed by atoms with Crippen LogP contribution < -0.4 is 11.1 Å². The molecule has 0 saturated heterocycles. The van der Waals surface area contributed by atoms with Crippen LogP contribution >= 0.6 is 0 Å². The van der Waals surface area contributed by atoms with Crippen molar-refractivity contribution in [1.82, 2.24) is 5.32 Å². The molecule has 4 unspecified atom stereocenters. The number of fused-ring (bicyclic) bond motifs is 2. The van der Waals surface area contributed by atoms with Crippen LogP contribution in [-0.2, 0) is 4.79 Å². The summed E-state index contributed by atoms with van der Waals surface area (Å²) in [5.41, 5.74) is 5.75. The minimum atomic E-state index is 0.0870. The summed E-state index contributed by atoms with van der Waals surface area (Å²) in [5, 5.41) is 3.23. The maximum absolute atomic E-state index is 12.3. The lowest BCUT2D eigenvalue weighted by Gasteiger charge is -2.32. The van der Waals surface area contributed by atoms with Crippen LogP contribution in [0.2, 0.25) is 0 Å². The van der Waals surface area contributed by atoms with Gasteiger partial charge in [0.1, 0.15) is 0 Å². The van der Waals surface area contributed by atoms with Crippen LogP contribution in [0.1, 0.15) is 59.3 Å². The van der Waals surface area contributed by atoms with Gasteiger partial charge in [-0.1, -0.05) is 27.2 Å². The zero-order valence-electron chi connectivity index (χ0n) is 12.7. The maximum Gasteiger partial charge on any atom is 0.220 e. The Hall–Kier alpha value is -0.570. The first-order valence-corrected chi connectivity index (χ1v) is 7.89. The van der Waals surface area contributed by atoms with Gasteiger partial charge < -0.3 is 11.1 Å². The Morgan fingerprint density at radius 2 is 2.05 bits per heavy atom. The molecule has 2 bridgehead atoms. The van der Waals surface area contributed by atoms with Crippen molar-refractivity contribution >= 4 is 5.91 Å². The second kappa shape index (κ2) is 5.82. The second-order valence-corrected chi connectivity index (χ2v) is 7.70. The average Bonchev–Trinajstić information content (AvgIpc) is 2.89. The fraction of sp³-hybridized carbons (Fsp3) is 0.938. The Kier molecular flexibility index (Phi) is 4.54. The minimum Gasteiger partial charge on any atom is -0.353 e. The lowest BCUT2D eigenvalue weighted by Crippen LogP contribution is -2.45. The van der Waals surface area contributed by atoms with E-state index in [-0.39, 0.29) is 17.4 Å². The number of hydrogen-bond acceptors (Lipinski definition) is 2. The molecule has 2 aliphatic carbocycles. The van der Waals surface area contributed by atoms with E-state index in [1.807, 2.05) is 0 Å². The summed E-state index contributed by atoms with van der Waals surface area (Å²) in [6, 6.07) is 0.198. The lowest BCUT2D eigenvalue weighted by atomic mass is 9.83. The third-order valence-corrected chi connectivity index (χ3v) is 5.17. The van der Waals surface area contributed by atoms with Crippen molar-refractivity contribution in [2.75, 3.05) is 6.54 Å². The normalized spacial score (nSPS) is 31.5. The van der Waals surface area contributed by atoms with E-state index in [4.69, 9.17) is 5.73 Å². The summed E-state index contributed by atoms with van der Waals surface area (Å²) >= 11 is 0. The van der Waals surface area contributed by atoms with Gasteiger partial charge in [0.15, 0.2) is 0 Å². The molecule has 0 aliphatic heterocycles. The van der Waals surface area contributed by atoms with Crippen molar-refractivity contribution < 1.29 is 4.79 Å². The fourth-order valence-electron chi connectivity index (χ4n) is 4.01. The van der Waals surface area contributed by atoms with Gasteiger partial charge in [0.2, 0.25) is 5.91 Å². The molecule has 2 rings (SSSR count). The number of rotatable bonds is 5. The maximum atomic E-state index is 12.3. The predicted molar refractivity (Wildman–Crippen MR) is 78.6 cm³/mol. The second-order valence-electron chi connectivity index (χ2n) is 7.70. The van der Waals surface area contributed by atoms with Crippen LogP contribution in [0.15, 0.2) is 0 Å². The third kappa shape index (κ3) is 3.71. The van der Waals surface area contributed by atoms with Crippen LogP contribution in [0.3, 0.4) is 0 Å². The molecule has 2 saturated carbocycles. The molecule has 0 aromatic heterocycles. The van der Waals surface area contributed by atoms with Gasteiger partial charge in [-0.2, -0.15) is 0 Å². The smallest absolute Gasteiger partial charge is 0.220 e. The zero-order chi connectivity index (χ0) is 14.0. The largest absolute Gasteiger partial charge is 0.353 e.